The van der Waals surface area contributed by atoms with Gasteiger partial charge >= 0.3 is 0 Å². The standard InChI is InChI=1S/C11H13ClO2S2/c12-16(13,14)8-6-10-4-1-3-9-5-2-7-15-11(9)10/h1,3-4H,2,5-8H2. The molecule has 1 aromatic carbocycles. The number of aryl methyl sites for hydroxylation is 2. The molecule has 16 heavy (non-hydrogen) atoms. The van der Waals surface area contributed by atoms with Gasteiger partial charge in [0.15, 0.2) is 0 Å². The van der Waals surface area contributed by atoms with Crippen LogP contribution in [0.5, 0.6) is 0 Å². The number of benzene rings is 1. The lowest BCUT2D eigenvalue weighted by atomic mass is 10.0. The SMILES string of the molecule is O=S(=O)(Cl)CCc1cccc2c1SCCC2. The second kappa shape index (κ2) is 4.98. The van der Waals surface area contributed by atoms with E-state index in [9.17, 15) is 8.42 Å². The third kappa shape index (κ3) is 3.15. The molecule has 0 saturated heterocycles. The first-order chi connectivity index (χ1) is 7.56. The van der Waals surface area contributed by atoms with E-state index in [1.165, 1.54) is 16.9 Å². The molecule has 0 amide bonds. The molecule has 2 rings (SSSR count). The van der Waals surface area contributed by atoms with Crippen LogP contribution in [-0.4, -0.2) is 19.9 Å². The Morgan fingerprint density at radius 1 is 1.38 bits per heavy atom. The number of fused-ring (bicyclic) bond motifs is 1. The van der Waals surface area contributed by atoms with E-state index in [1.807, 2.05) is 23.9 Å². The quantitative estimate of drug-likeness (QED) is 0.796. The van der Waals surface area contributed by atoms with Gasteiger partial charge in [-0.25, -0.2) is 8.42 Å². The van der Waals surface area contributed by atoms with Crippen LogP contribution in [0.1, 0.15) is 17.5 Å². The summed E-state index contributed by atoms with van der Waals surface area (Å²) in [6, 6.07) is 6.13. The Bertz CT molecular complexity index is 483. The normalized spacial score (nSPS) is 15.8. The van der Waals surface area contributed by atoms with Crippen molar-refractivity contribution in [2.45, 2.75) is 24.2 Å². The summed E-state index contributed by atoms with van der Waals surface area (Å²) in [6.45, 7) is 0. The Kier molecular flexibility index (Phi) is 3.82. The number of rotatable bonds is 3. The summed E-state index contributed by atoms with van der Waals surface area (Å²) in [5.74, 6) is 1.14. The minimum atomic E-state index is -3.39. The molecule has 5 heteroatoms. The highest BCUT2D eigenvalue weighted by atomic mass is 35.7. The van der Waals surface area contributed by atoms with E-state index in [2.05, 4.69) is 6.07 Å². The van der Waals surface area contributed by atoms with Crippen LogP contribution in [0.2, 0.25) is 0 Å². The minimum Gasteiger partial charge on any atom is -0.212 e. The first-order valence-corrected chi connectivity index (χ1v) is 8.68. The zero-order valence-electron chi connectivity index (χ0n) is 8.78. The zero-order valence-corrected chi connectivity index (χ0v) is 11.2. The highest BCUT2D eigenvalue weighted by molar-refractivity contribution is 8.13. The zero-order chi connectivity index (χ0) is 11.6. The molecule has 1 aromatic rings. The Balaban J connectivity index is 2.21. The third-order valence-electron chi connectivity index (χ3n) is 2.63. The van der Waals surface area contributed by atoms with Crippen LogP contribution in [0.25, 0.3) is 0 Å². The van der Waals surface area contributed by atoms with Crippen molar-refractivity contribution in [2.75, 3.05) is 11.5 Å². The maximum absolute atomic E-state index is 10.9. The summed E-state index contributed by atoms with van der Waals surface area (Å²) in [5, 5.41) is 0. The highest BCUT2D eigenvalue weighted by Gasteiger charge is 2.15. The van der Waals surface area contributed by atoms with Crippen molar-refractivity contribution in [3.8, 4) is 0 Å². The van der Waals surface area contributed by atoms with Gasteiger partial charge in [-0.2, -0.15) is 0 Å². The van der Waals surface area contributed by atoms with E-state index in [0.29, 0.717) is 6.42 Å². The molecule has 1 aliphatic rings. The smallest absolute Gasteiger partial charge is 0.212 e. The van der Waals surface area contributed by atoms with Crippen molar-refractivity contribution in [3.05, 3.63) is 29.3 Å². The molecule has 1 heterocycles. The predicted octanol–water partition coefficient (Wildman–Crippen LogP) is 2.84. The van der Waals surface area contributed by atoms with Crippen molar-refractivity contribution in [2.24, 2.45) is 0 Å². The summed E-state index contributed by atoms with van der Waals surface area (Å²) in [5.41, 5.74) is 2.46. The predicted molar refractivity (Wildman–Crippen MR) is 68.8 cm³/mol. The van der Waals surface area contributed by atoms with Gasteiger partial charge in [0.2, 0.25) is 9.05 Å². The molecule has 88 valence electrons. The molecule has 0 bridgehead atoms. The van der Waals surface area contributed by atoms with E-state index < -0.39 is 9.05 Å². The number of halogens is 1. The van der Waals surface area contributed by atoms with Gasteiger partial charge in [0.05, 0.1) is 5.75 Å². The Labute approximate surface area is 105 Å². The highest BCUT2D eigenvalue weighted by Crippen LogP contribution is 2.33. The summed E-state index contributed by atoms with van der Waals surface area (Å²) < 4.78 is 21.9. The van der Waals surface area contributed by atoms with E-state index in [4.69, 9.17) is 10.7 Å². The van der Waals surface area contributed by atoms with E-state index in [-0.39, 0.29) is 5.75 Å². The summed E-state index contributed by atoms with van der Waals surface area (Å²) in [4.78, 5) is 1.27. The fraction of sp³-hybridized carbons (Fsp3) is 0.455. The molecule has 1 aliphatic heterocycles. The van der Waals surface area contributed by atoms with Crippen LogP contribution in [0, 0.1) is 0 Å². The molecule has 0 radical (unpaired) electrons. The van der Waals surface area contributed by atoms with Gasteiger partial charge in [-0.3, -0.25) is 0 Å². The molecular formula is C11H13ClO2S2. The molecule has 0 N–H and O–H groups in total. The molecule has 0 spiro atoms. The maximum Gasteiger partial charge on any atom is 0.232 e. The lowest BCUT2D eigenvalue weighted by Crippen LogP contribution is -2.06. The molecule has 2 nitrogen and oxygen atoms in total. The first kappa shape index (κ1) is 12.3. The molecule has 0 aliphatic carbocycles. The lowest BCUT2D eigenvalue weighted by Gasteiger charge is -2.18. The van der Waals surface area contributed by atoms with Crippen molar-refractivity contribution in [1.29, 1.82) is 0 Å². The average Bonchev–Trinajstić information content (AvgIpc) is 2.25. The van der Waals surface area contributed by atoms with Crippen molar-refractivity contribution in [3.63, 3.8) is 0 Å². The van der Waals surface area contributed by atoms with Gasteiger partial charge in [-0.1, -0.05) is 18.2 Å². The van der Waals surface area contributed by atoms with Crippen molar-refractivity contribution >= 4 is 31.5 Å². The number of hydrogen-bond donors (Lipinski definition) is 0. The Hall–Kier alpha value is -0.190. The molecule has 0 unspecified atom stereocenters. The summed E-state index contributed by atoms with van der Waals surface area (Å²) >= 11 is 1.83. The molecule has 0 saturated carbocycles. The van der Waals surface area contributed by atoms with Crippen molar-refractivity contribution in [1.82, 2.24) is 0 Å². The van der Waals surface area contributed by atoms with Crippen LogP contribution in [0.15, 0.2) is 23.1 Å². The van der Waals surface area contributed by atoms with Crippen LogP contribution < -0.4 is 0 Å². The lowest BCUT2D eigenvalue weighted by molar-refractivity contribution is 0.608. The topological polar surface area (TPSA) is 34.1 Å². The van der Waals surface area contributed by atoms with Gasteiger partial charge in [0.1, 0.15) is 0 Å². The summed E-state index contributed by atoms with van der Waals surface area (Å²) in [7, 11) is 1.85. The van der Waals surface area contributed by atoms with Gasteiger partial charge in [-0.05, 0) is 36.1 Å². The van der Waals surface area contributed by atoms with Crippen LogP contribution >= 0.6 is 22.4 Å². The molecule has 0 atom stereocenters. The number of thioether (sulfide) groups is 1. The van der Waals surface area contributed by atoms with Crippen molar-refractivity contribution < 1.29 is 8.42 Å². The number of hydrogen-bond acceptors (Lipinski definition) is 3. The van der Waals surface area contributed by atoms with Crippen LogP contribution in [0.4, 0.5) is 0 Å². The summed E-state index contributed by atoms with van der Waals surface area (Å²) in [6.07, 6.45) is 2.82. The monoisotopic (exact) mass is 276 g/mol. The average molecular weight is 277 g/mol. The minimum absolute atomic E-state index is 0.0194. The molecular weight excluding hydrogens is 264 g/mol. The van der Waals surface area contributed by atoms with Gasteiger partial charge in [0, 0.05) is 15.6 Å². The second-order valence-corrected chi connectivity index (χ2v) is 7.85. The molecule has 0 fully saturated rings. The Morgan fingerprint density at radius 3 is 2.94 bits per heavy atom. The van der Waals surface area contributed by atoms with E-state index in [0.717, 1.165) is 17.7 Å². The second-order valence-electron chi connectivity index (χ2n) is 3.85. The van der Waals surface area contributed by atoms with Gasteiger partial charge < -0.3 is 0 Å². The molecule has 0 aromatic heterocycles. The third-order valence-corrected chi connectivity index (χ3v) is 5.09. The van der Waals surface area contributed by atoms with E-state index in [1.54, 1.807) is 0 Å². The first-order valence-electron chi connectivity index (χ1n) is 5.22. The Morgan fingerprint density at radius 2 is 2.19 bits per heavy atom. The maximum atomic E-state index is 10.9. The van der Waals surface area contributed by atoms with Crippen LogP contribution in [0.3, 0.4) is 0 Å². The van der Waals surface area contributed by atoms with Gasteiger partial charge in [0.25, 0.3) is 0 Å². The fourth-order valence-corrected chi connectivity index (χ4v) is 3.78. The fourth-order valence-electron chi connectivity index (χ4n) is 1.89. The van der Waals surface area contributed by atoms with Crippen LogP contribution in [-0.2, 0) is 21.9 Å². The van der Waals surface area contributed by atoms with Gasteiger partial charge in [-0.15, -0.1) is 11.8 Å². The van der Waals surface area contributed by atoms with E-state index >= 15 is 0 Å². The largest absolute Gasteiger partial charge is 0.232 e.